The summed E-state index contributed by atoms with van der Waals surface area (Å²) in [7, 11) is 0. The molecule has 0 saturated carbocycles. The van der Waals surface area contributed by atoms with Crippen LogP contribution < -0.4 is 10.1 Å². The van der Waals surface area contributed by atoms with Crippen molar-refractivity contribution in [1.82, 2.24) is 19.0 Å². The third kappa shape index (κ3) is 5.95. The molecule has 1 heterocycles. The molecule has 0 aliphatic rings. The molecule has 0 radical (unpaired) electrons. The molecule has 0 spiro atoms. The third-order valence-electron chi connectivity index (χ3n) is 2.54. The molecular weight excluding hydrogens is 268 g/mol. The van der Waals surface area contributed by atoms with Crippen LogP contribution in [0.5, 0.6) is 5.88 Å². The number of ether oxygens (including phenoxy) is 1. The first kappa shape index (κ1) is 15.8. The number of rotatable bonds is 9. The van der Waals surface area contributed by atoms with Gasteiger partial charge in [0.05, 0.1) is 18.3 Å². The smallest absolute Gasteiger partial charge is 0.245 e. The van der Waals surface area contributed by atoms with Crippen LogP contribution in [0, 0.1) is 0 Å². The van der Waals surface area contributed by atoms with Gasteiger partial charge in [-0.2, -0.15) is 4.37 Å². The first-order chi connectivity index (χ1) is 9.17. The standard InChI is InChI=1S/C11H20N4O3S/c1-3-15(4-2)11(17)7-12-5-9(16)8-18-10-6-13-19-14-10/h6,9,12,16H,3-5,7-8H2,1-2H3. The van der Waals surface area contributed by atoms with Crippen molar-refractivity contribution in [3.05, 3.63) is 6.20 Å². The summed E-state index contributed by atoms with van der Waals surface area (Å²) < 4.78 is 12.8. The first-order valence-corrected chi connectivity index (χ1v) is 6.97. The average Bonchev–Trinajstić information content (AvgIpc) is 2.91. The van der Waals surface area contributed by atoms with Gasteiger partial charge in [0.15, 0.2) is 0 Å². The van der Waals surface area contributed by atoms with Crippen molar-refractivity contribution in [3.63, 3.8) is 0 Å². The number of aromatic nitrogens is 2. The fraction of sp³-hybridized carbons (Fsp3) is 0.727. The van der Waals surface area contributed by atoms with Crippen LogP contribution in [0.1, 0.15) is 13.8 Å². The zero-order chi connectivity index (χ0) is 14.1. The Morgan fingerprint density at radius 3 is 2.89 bits per heavy atom. The van der Waals surface area contributed by atoms with E-state index in [0.717, 1.165) is 11.7 Å². The van der Waals surface area contributed by atoms with Crippen LogP contribution in [0.25, 0.3) is 0 Å². The van der Waals surface area contributed by atoms with E-state index < -0.39 is 6.10 Å². The first-order valence-electron chi connectivity index (χ1n) is 6.24. The minimum absolute atomic E-state index is 0.0295. The SMILES string of the molecule is CCN(CC)C(=O)CNCC(O)COc1cnsn1. The molecule has 1 unspecified atom stereocenters. The Morgan fingerprint density at radius 2 is 2.32 bits per heavy atom. The topological polar surface area (TPSA) is 87.6 Å². The zero-order valence-corrected chi connectivity index (χ0v) is 12.0. The number of hydrogen-bond donors (Lipinski definition) is 2. The van der Waals surface area contributed by atoms with E-state index in [4.69, 9.17) is 4.74 Å². The minimum Gasteiger partial charge on any atom is -0.473 e. The number of aliphatic hydroxyl groups is 1. The lowest BCUT2D eigenvalue weighted by Gasteiger charge is -2.19. The molecule has 0 fully saturated rings. The van der Waals surface area contributed by atoms with E-state index in [1.54, 1.807) is 4.90 Å². The molecule has 1 aromatic heterocycles. The predicted octanol–water partition coefficient (Wildman–Crippen LogP) is -0.264. The van der Waals surface area contributed by atoms with Gasteiger partial charge in [-0.1, -0.05) is 0 Å². The quantitative estimate of drug-likeness (QED) is 0.651. The fourth-order valence-electron chi connectivity index (χ4n) is 1.49. The molecule has 0 bridgehead atoms. The van der Waals surface area contributed by atoms with Gasteiger partial charge in [0, 0.05) is 19.6 Å². The van der Waals surface area contributed by atoms with Crippen molar-refractivity contribution in [2.24, 2.45) is 0 Å². The summed E-state index contributed by atoms with van der Waals surface area (Å²) in [5, 5.41) is 12.6. The van der Waals surface area contributed by atoms with E-state index in [2.05, 4.69) is 14.1 Å². The molecule has 108 valence electrons. The third-order valence-corrected chi connectivity index (χ3v) is 3.00. The van der Waals surface area contributed by atoms with E-state index in [1.807, 2.05) is 13.8 Å². The van der Waals surface area contributed by atoms with Crippen LogP contribution in [0.15, 0.2) is 6.20 Å². The number of nitrogens with zero attached hydrogens (tertiary/aromatic N) is 3. The molecule has 7 nitrogen and oxygen atoms in total. The zero-order valence-electron chi connectivity index (χ0n) is 11.2. The molecule has 1 atom stereocenters. The highest BCUT2D eigenvalue weighted by Crippen LogP contribution is 2.04. The summed E-state index contributed by atoms with van der Waals surface area (Å²) in [4.78, 5) is 13.4. The predicted molar refractivity (Wildman–Crippen MR) is 72.2 cm³/mol. The van der Waals surface area contributed by atoms with Crippen LogP contribution in [-0.2, 0) is 4.79 Å². The molecule has 8 heteroatoms. The Balaban J connectivity index is 2.13. The second kappa shape index (κ2) is 8.78. The molecule has 0 aliphatic heterocycles. The van der Waals surface area contributed by atoms with Crippen molar-refractivity contribution in [1.29, 1.82) is 0 Å². The van der Waals surface area contributed by atoms with Gasteiger partial charge >= 0.3 is 0 Å². The van der Waals surface area contributed by atoms with Gasteiger partial charge in [0.1, 0.15) is 18.9 Å². The molecule has 1 aromatic rings. The second-order valence-corrected chi connectivity index (χ2v) is 4.46. The van der Waals surface area contributed by atoms with E-state index in [9.17, 15) is 9.90 Å². The highest BCUT2D eigenvalue weighted by atomic mass is 32.1. The Hall–Kier alpha value is -1.25. The Kier molecular flexibility index (Phi) is 7.31. The van der Waals surface area contributed by atoms with Gasteiger partial charge < -0.3 is 20.1 Å². The van der Waals surface area contributed by atoms with Crippen molar-refractivity contribution in [2.75, 3.05) is 32.8 Å². The Morgan fingerprint density at radius 1 is 1.58 bits per heavy atom. The van der Waals surface area contributed by atoms with Crippen molar-refractivity contribution >= 4 is 17.6 Å². The summed E-state index contributed by atoms with van der Waals surface area (Å²) in [6.07, 6.45) is 0.806. The number of carbonyl (C=O) groups is 1. The number of aliphatic hydroxyl groups excluding tert-OH is 1. The van der Waals surface area contributed by atoms with E-state index >= 15 is 0 Å². The van der Waals surface area contributed by atoms with Crippen LogP contribution >= 0.6 is 11.7 Å². The lowest BCUT2D eigenvalue weighted by molar-refractivity contribution is -0.129. The molecule has 1 amide bonds. The molecule has 2 N–H and O–H groups in total. The van der Waals surface area contributed by atoms with Gasteiger partial charge in [-0.05, 0) is 13.8 Å². The van der Waals surface area contributed by atoms with Gasteiger partial charge in [0.25, 0.3) is 0 Å². The second-order valence-electron chi connectivity index (χ2n) is 3.91. The van der Waals surface area contributed by atoms with Gasteiger partial charge in [-0.3, -0.25) is 4.79 Å². The maximum atomic E-state index is 11.7. The minimum atomic E-state index is -0.689. The lowest BCUT2D eigenvalue weighted by Crippen LogP contribution is -2.41. The molecule has 19 heavy (non-hydrogen) atoms. The Bertz CT molecular complexity index is 357. The van der Waals surface area contributed by atoms with Crippen molar-refractivity contribution in [3.8, 4) is 5.88 Å². The molecule has 1 rings (SSSR count). The highest BCUT2D eigenvalue weighted by Gasteiger charge is 2.11. The van der Waals surface area contributed by atoms with Crippen LogP contribution in [0.4, 0.5) is 0 Å². The van der Waals surface area contributed by atoms with Crippen molar-refractivity contribution in [2.45, 2.75) is 20.0 Å². The summed E-state index contributed by atoms with van der Waals surface area (Å²) in [5.74, 6) is 0.435. The monoisotopic (exact) mass is 288 g/mol. The van der Waals surface area contributed by atoms with E-state index in [1.165, 1.54) is 6.20 Å². The lowest BCUT2D eigenvalue weighted by atomic mass is 10.3. The highest BCUT2D eigenvalue weighted by molar-refractivity contribution is 6.99. The number of nitrogens with one attached hydrogen (secondary N) is 1. The largest absolute Gasteiger partial charge is 0.473 e. The molecule has 0 aromatic carbocycles. The summed E-state index contributed by atoms with van der Waals surface area (Å²) in [5.41, 5.74) is 0. The number of amides is 1. The summed E-state index contributed by atoms with van der Waals surface area (Å²) in [6.45, 7) is 5.90. The van der Waals surface area contributed by atoms with E-state index in [-0.39, 0.29) is 19.1 Å². The average molecular weight is 288 g/mol. The maximum Gasteiger partial charge on any atom is 0.245 e. The maximum absolute atomic E-state index is 11.7. The molecule has 0 aliphatic carbocycles. The Labute approximate surface area is 116 Å². The number of carbonyl (C=O) groups excluding carboxylic acids is 1. The number of hydrogen-bond acceptors (Lipinski definition) is 7. The fourth-order valence-corrected chi connectivity index (χ4v) is 1.86. The number of likely N-dealkylation sites (N-methyl/N-ethyl adjacent to an activating group) is 1. The summed E-state index contributed by atoms with van der Waals surface area (Å²) >= 11 is 1.05. The normalized spacial score (nSPS) is 12.2. The van der Waals surface area contributed by atoms with Crippen LogP contribution in [-0.4, -0.2) is 63.6 Å². The van der Waals surface area contributed by atoms with Gasteiger partial charge in [-0.25, -0.2) is 0 Å². The summed E-state index contributed by atoms with van der Waals surface area (Å²) in [6, 6.07) is 0. The van der Waals surface area contributed by atoms with Crippen LogP contribution in [0.2, 0.25) is 0 Å². The van der Waals surface area contributed by atoms with Gasteiger partial charge in [0.2, 0.25) is 11.8 Å². The van der Waals surface area contributed by atoms with Gasteiger partial charge in [-0.15, -0.1) is 4.37 Å². The van der Waals surface area contributed by atoms with Crippen molar-refractivity contribution < 1.29 is 14.6 Å². The molecule has 0 saturated heterocycles. The van der Waals surface area contributed by atoms with E-state index in [0.29, 0.717) is 25.5 Å². The molecular formula is C11H20N4O3S. The van der Waals surface area contributed by atoms with Crippen LogP contribution in [0.3, 0.4) is 0 Å².